The first-order valence-electron chi connectivity index (χ1n) is 10.2. The largest absolute Gasteiger partial charge is 0.494 e. The van der Waals surface area contributed by atoms with E-state index < -0.39 is 0 Å². The minimum absolute atomic E-state index is 0.313. The fourth-order valence-electron chi connectivity index (χ4n) is 3.65. The zero-order valence-corrected chi connectivity index (χ0v) is 19.1. The highest BCUT2D eigenvalue weighted by atomic mass is 35.5. The van der Waals surface area contributed by atoms with Gasteiger partial charge in [0, 0.05) is 11.6 Å². The molecule has 31 heavy (non-hydrogen) atoms. The summed E-state index contributed by atoms with van der Waals surface area (Å²) in [6.07, 6.45) is 0.849. The normalized spacial score (nSPS) is 11.1. The van der Waals surface area contributed by atoms with Crippen LogP contribution in [0.4, 0.5) is 0 Å². The molecule has 0 bridgehead atoms. The van der Waals surface area contributed by atoms with Crippen LogP contribution in [0.1, 0.15) is 23.4 Å². The van der Waals surface area contributed by atoms with E-state index in [0.717, 1.165) is 35.6 Å². The summed E-state index contributed by atoms with van der Waals surface area (Å²) in [5.41, 5.74) is 4.43. The number of aromatic nitrogens is 2. The molecule has 0 N–H and O–H groups in total. The first-order chi connectivity index (χ1) is 15.0. The third-order valence-electron chi connectivity index (χ3n) is 4.97. The van der Waals surface area contributed by atoms with E-state index in [1.807, 2.05) is 18.2 Å². The first-order valence-corrected chi connectivity index (χ1v) is 11.0. The molecule has 4 nitrogen and oxygen atoms in total. The van der Waals surface area contributed by atoms with Crippen LogP contribution in [-0.2, 0) is 13.2 Å². The van der Waals surface area contributed by atoms with Gasteiger partial charge < -0.3 is 14.0 Å². The summed E-state index contributed by atoms with van der Waals surface area (Å²) >= 11 is 12.2. The van der Waals surface area contributed by atoms with Crippen LogP contribution in [0.25, 0.3) is 11.0 Å². The zero-order valence-electron chi connectivity index (χ0n) is 17.6. The molecule has 0 aliphatic rings. The Morgan fingerprint density at radius 3 is 2.45 bits per heavy atom. The second-order valence-corrected chi connectivity index (χ2v) is 8.40. The summed E-state index contributed by atoms with van der Waals surface area (Å²) in [6, 6.07) is 19.6. The number of halogens is 2. The van der Waals surface area contributed by atoms with E-state index in [0.29, 0.717) is 29.0 Å². The van der Waals surface area contributed by atoms with Crippen LogP contribution in [0, 0.1) is 13.8 Å². The zero-order chi connectivity index (χ0) is 21.8. The topological polar surface area (TPSA) is 36.3 Å². The van der Waals surface area contributed by atoms with E-state index in [-0.39, 0.29) is 0 Å². The van der Waals surface area contributed by atoms with Gasteiger partial charge in [0.2, 0.25) is 0 Å². The molecule has 0 radical (unpaired) electrons. The van der Waals surface area contributed by atoms with Crippen LogP contribution in [0.3, 0.4) is 0 Å². The molecule has 0 fully saturated rings. The third kappa shape index (κ3) is 5.33. The maximum atomic E-state index is 6.24. The van der Waals surface area contributed by atoms with Crippen molar-refractivity contribution in [1.29, 1.82) is 0 Å². The highest BCUT2D eigenvalue weighted by Crippen LogP contribution is 2.28. The molecule has 0 unspecified atom stereocenters. The third-order valence-corrected chi connectivity index (χ3v) is 5.50. The number of fused-ring (bicyclic) bond motifs is 1. The number of nitrogens with zero attached hydrogens (tertiary/aromatic N) is 2. The molecule has 4 rings (SSSR count). The average Bonchev–Trinajstić information content (AvgIpc) is 3.07. The molecule has 0 aliphatic heterocycles. The van der Waals surface area contributed by atoms with Gasteiger partial charge in [0.1, 0.15) is 23.9 Å². The second kappa shape index (κ2) is 9.63. The Morgan fingerprint density at radius 2 is 1.68 bits per heavy atom. The first kappa shape index (κ1) is 21.5. The van der Waals surface area contributed by atoms with Gasteiger partial charge in [-0.15, -0.1) is 0 Å². The summed E-state index contributed by atoms with van der Waals surface area (Å²) in [5.74, 6) is 2.34. The second-order valence-electron chi connectivity index (χ2n) is 7.56. The standard InChI is InChI=1S/C25H24Cl2N2O2/c1-17-12-18(2)14-20(13-17)30-11-5-10-29-23-7-4-3-6-22(23)28-25(29)16-31-24-9-8-19(26)15-21(24)27/h3-4,6-9,12-15H,5,10-11,16H2,1-2H3. The fourth-order valence-corrected chi connectivity index (χ4v) is 4.11. The number of imidazole rings is 1. The number of benzene rings is 3. The molecule has 0 atom stereocenters. The Morgan fingerprint density at radius 1 is 0.903 bits per heavy atom. The van der Waals surface area contributed by atoms with Crippen molar-refractivity contribution in [3.8, 4) is 11.5 Å². The molecular weight excluding hydrogens is 431 g/mol. The Bertz CT molecular complexity index is 1180. The van der Waals surface area contributed by atoms with Crippen molar-refractivity contribution in [2.45, 2.75) is 33.4 Å². The predicted molar refractivity (Wildman–Crippen MR) is 127 cm³/mol. The van der Waals surface area contributed by atoms with E-state index in [1.54, 1.807) is 18.2 Å². The summed E-state index contributed by atoms with van der Waals surface area (Å²) < 4.78 is 14.1. The summed E-state index contributed by atoms with van der Waals surface area (Å²) in [5, 5.41) is 1.06. The molecular formula is C25H24Cl2N2O2. The van der Waals surface area contributed by atoms with Crippen molar-refractivity contribution in [3.05, 3.63) is 87.7 Å². The summed E-state index contributed by atoms with van der Waals surface area (Å²) in [7, 11) is 0. The number of rotatable bonds is 8. The van der Waals surface area contributed by atoms with Gasteiger partial charge in [0.15, 0.2) is 0 Å². The molecule has 4 aromatic rings. The van der Waals surface area contributed by atoms with Crippen LogP contribution in [0.15, 0.2) is 60.7 Å². The van der Waals surface area contributed by atoms with Crippen molar-refractivity contribution >= 4 is 34.2 Å². The highest BCUT2D eigenvalue weighted by molar-refractivity contribution is 6.35. The molecule has 0 amide bonds. The van der Waals surface area contributed by atoms with Crippen LogP contribution in [0.2, 0.25) is 10.0 Å². The van der Waals surface area contributed by atoms with Crippen LogP contribution in [0.5, 0.6) is 11.5 Å². The number of para-hydroxylation sites is 2. The van der Waals surface area contributed by atoms with E-state index in [9.17, 15) is 0 Å². The number of aryl methyl sites for hydroxylation is 3. The summed E-state index contributed by atoms with van der Waals surface area (Å²) in [6.45, 7) is 5.87. The minimum atomic E-state index is 0.313. The lowest BCUT2D eigenvalue weighted by molar-refractivity contribution is 0.280. The van der Waals surface area contributed by atoms with E-state index >= 15 is 0 Å². The van der Waals surface area contributed by atoms with Gasteiger partial charge in [-0.1, -0.05) is 41.4 Å². The van der Waals surface area contributed by atoms with Crippen molar-refractivity contribution in [3.63, 3.8) is 0 Å². The Labute approximate surface area is 192 Å². The highest BCUT2D eigenvalue weighted by Gasteiger charge is 2.12. The number of hydrogen-bond donors (Lipinski definition) is 0. The molecule has 0 aliphatic carbocycles. The van der Waals surface area contributed by atoms with Crippen LogP contribution >= 0.6 is 23.2 Å². The van der Waals surface area contributed by atoms with E-state index in [2.05, 4.69) is 42.7 Å². The van der Waals surface area contributed by atoms with Crippen LogP contribution in [-0.4, -0.2) is 16.2 Å². The maximum absolute atomic E-state index is 6.24. The van der Waals surface area contributed by atoms with Crippen molar-refractivity contribution in [2.75, 3.05) is 6.61 Å². The summed E-state index contributed by atoms with van der Waals surface area (Å²) in [4.78, 5) is 4.76. The fraction of sp³-hybridized carbons (Fsp3) is 0.240. The van der Waals surface area contributed by atoms with Gasteiger partial charge >= 0.3 is 0 Å². The Hall–Kier alpha value is -2.69. The van der Waals surface area contributed by atoms with Gasteiger partial charge in [-0.05, 0) is 73.9 Å². The van der Waals surface area contributed by atoms with Crippen molar-refractivity contribution < 1.29 is 9.47 Å². The van der Waals surface area contributed by atoms with Crippen molar-refractivity contribution in [1.82, 2.24) is 9.55 Å². The smallest absolute Gasteiger partial charge is 0.148 e. The maximum Gasteiger partial charge on any atom is 0.148 e. The van der Waals surface area contributed by atoms with Gasteiger partial charge in [-0.3, -0.25) is 0 Å². The molecule has 1 aromatic heterocycles. The molecule has 1 heterocycles. The lowest BCUT2D eigenvalue weighted by Gasteiger charge is -2.12. The lowest BCUT2D eigenvalue weighted by atomic mass is 10.1. The quantitative estimate of drug-likeness (QED) is 0.268. The van der Waals surface area contributed by atoms with Gasteiger partial charge in [-0.25, -0.2) is 4.98 Å². The number of hydrogen-bond acceptors (Lipinski definition) is 3. The number of ether oxygens (including phenoxy) is 2. The Balaban J connectivity index is 1.45. The molecule has 160 valence electrons. The monoisotopic (exact) mass is 454 g/mol. The van der Waals surface area contributed by atoms with Crippen molar-refractivity contribution in [2.24, 2.45) is 0 Å². The molecule has 0 spiro atoms. The Kier molecular flexibility index (Phi) is 6.69. The predicted octanol–water partition coefficient (Wildman–Crippen LogP) is 7.01. The SMILES string of the molecule is Cc1cc(C)cc(OCCCn2c(COc3ccc(Cl)cc3Cl)nc3ccccc32)c1. The molecule has 0 saturated carbocycles. The van der Waals surface area contributed by atoms with Gasteiger partial charge in [0.25, 0.3) is 0 Å². The molecule has 6 heteroatoms. The van der Waals surface area contributed by atoms with Gasteiger partial charge in [-0.2, -0.15) is 0 Å². The average molecular weight is 455 g/mol. The van der Waals surface area contributed by atoms with Gasteiger partial charge in [0.05, 0.1) is 22.7 Å². The van der Waals surface area contributed by atoms with E-state index in [4.69, 9.17) is 37.7 Å². The van der Waals surface area contributed by atoms with E-state index in [1.165, 1.54) is 11.1 Å². The molecule has 3 aromatic carbocycles. The van der Waals surface area contributed by atoms with Crippen LogP contribution < -0.4 is 9.47 Å². The lowest BCUT2D eigenvalue weighted by Crippen LogP contribution is -2.10. The molecule has 0 saturated heterocycles. The minimum Gasteiger partial charge on any atom is -0.494 e.